The molecule has 0 spiro atoms. The molecule has 2 amide bonds. The Hall–Kier alpha value is -2.84. The second-order valence-electron chi connectivity index (χ2n) is 9.80. The lowest BCUT2D eigenvalue weighted by molar-refractivity contribution is -0.142. The quantitative estimate of drug-likeness (QED) is 0.509. The van der Waals surface area contributed by atoms with E-state index in [2.05, 4.69) is 20.2 Å². The number of benzene rings is 1. The fourth-order valence-corrected chi connectivity index (χ4v) is 6.18. The third-order valence-corrected chi connectivity index (χ3v) is 8.46. The van der Waals surface area contributed by atoms with Crippen LogP contribution in [0, 0.1) is 5.92 Å². The number of likely N-dealkylation sites (tertiary alicyclic amines) is 1. The molecule has 38 heavy (non-hydrogen) atoms. The molecule has 14 heteroatoms. The summed E-state index contributed by atoms with van der Waals surface area (Å²) in [6.07, 6.45) is -1.80. The summed E-state index contributed by atoms with van der Waals surface area (Å²) in [5, 5.41) is 10.6. The Kier molecular flexibility index (Phi) is 8.52. The minimum Gasteiger partial charge on any atom is -0.350 e. The van der Waals surface area contributed by atoms with Gasteiger partial charge >= 0.3 is 6.18 Å². The summed E-state index contributed by atoms with van der Waals surface area (Å²) >= 11 is 0. The van der Waals surface area contributed by atoms with E-state index in [-0.39, 0.29) is 38.0 Å². The molecule has 1 aromatic rings. The molecule has 10 nitrogen and oxygen atoms in total. The SMILES string of the molecule is CC1=NN=C(CNS(=O)(=O)N2CCC[C@H](C(=O)N3CCC[C@@H]3C(=O)NCc3ccc(C(F)(F)F)cc3)C2)C1. The Morgan fingerprint density at radius 3 is 2.42 bits per heavy atom. The maximum atomic E-state index is 13.4. The molecule has 0 aliphatic carbocycles. The third kappa shape index (κ3) is 6.77. The van der Waals surface area contributed by atoms with E-state index < -0.39 is 33.9 Å². The first kappa shape index (κ1) is 28.2. The second kappa shape index (κ2) is 11.5. The van der Waals surface area contributed by atoms with Crippen molar-refractivity contribution in [2.45, 2.75) is 57.8 Å². The largest absolute Gasteiger partial charge is 0.416 e. The normalized spacial score (nSPS) is 22.8. The maximum absolute atomic E-state index is 13.4. The molecule has 0 unspecified atom stereocenters. The molecule has 0 aromatic heterocycles. The molecule has 3 aliphatic heterocycles. The first-order valence-corrected chi connectivity index (χ1v) is 14.0. The van der Waals surface area contributed by atoms with Crippen molar-refractivity contribution in [3.8, 4) is 0 Å². The van der Waals surface area contributed by atoms with Gasteiger partial charge in [-0.1, -0.05) is 12.1 Å². The zero-order valence-electron chi connectivity index (χ0n) is 21.0. The molecule has 0 radical (unpaired) electrons. The van der Waals surface area contributed by atoms with Gasteiger partial charge in [0.2, 0.25) is 11.8 Å². The highest BCUT2D eigenvalue weighted by Gasteiger charge is 2.40. The van der Waals surface area contributed by atoms with Crippen LogP contribution in [-0.2, 0) is 32.5 Å². The summed E-state index contributed by atoms with van der Waals surface area (Å²) in [4.78, 5) is 27.7. The Morgan fingerprint density at radius 1 is 1.05 bits per heavy atom. The number of hydrogen-bond donors (Lipinski definition) is 2. The van der Waals surface area contributed by atoms with E-state index in [9.17, 15) is 31.2 Å². The van der Waals surface area contributed by atoms with E-state index >= 15 is 0 Å². The number of rotatable bonds is 8. The van der Waals surface area contributed by atoms with Crippen LogP contribution in [0.3, 0.4) is 0 Å². The monoisotopic (exact) mass is 556 g/mol. The Balaban J connectivity index is 1.31. The average Bonchev–Trinajstić information content (AvgIpc) is 3.55. The molecular formula is C24H31F3N6O4S. The van der Waals surface area contributed by atoms with Crippen molar-refractivity contribution in [3.63, 3.8) is 0 Å². The Labute approximate surface area is 219 Å². The lowest BCUT2D eigenvalue weighted by Gasteiger charge is -2.34. The minimum atomic E-state index is -4.44. The fraction of sp³-hybridized carbons (Fsp3) is 0.583. The zero-order chi connectivity index (χ0) is 27.5. The van der Waals surface area contributed by atoms with Crippen molar-refractivity contribution in [3.05, 3.63) is 35.4 Å². The molecule has 4 rings (SSSR count). The van der Waals surface area contributed by atoms with E-state index in [1.165, 1.54) is 21.3 Å². The number of carbonyl (C=O) groups excluding carboxylic acids is 2. The number of nitrogens with one attached hydrogen (secondary N) is 2. The molecule has 2 fully saturated rings. The molecule has 1 aromatic carbocycles. The topological polar surface area (TPSA) is 124 Å². The Morgan fingerprint density at radius 2 is 1.76 bits per heavy atom. The van der Waals surface area contributed by atoms with Crippen LogP contribution >= 0.6 is 0 Å². The molecule has 3 heterocycles. The van der Waals surface area contributed by atoms with Gasteiger partial charge in [0.15, 0.2) is 0 Å². The lowest BCUT2D eigenvalue weighted by atomic mass is 9.97. The van der Waals surface area contributed by atoms with E-state index in [0.29, 0.717) is 49.9 Å². The van der Waals surface area contributed by atoms with E-state index in [0.717, 1.165) is 17.8 Å². The second-order valence-corrected chi connectivity index (χ2v) is 11.6. The van der Waals surface area contributed by atoms with Gasteiger partial charge in [0.1, 0.15) is 6.04 Å². The number of amides is 2. The van der Waals surface area contributed by atoms with Crippen molar-refractivity contribution in [2.75, 3.05) is 26.2 Å². The van der Waals surface area contributed by atoms with Crippen LogP contribution in [0.25, 0.3) is 0 Å². The van der Waals surface area contributed by atoms with E-state index in [4.69, 9.17) is 0 Å². The van der Waals surface area contributed by atoms with Gasteiger partial charge in [-0.25, -0.2) is 0 Å². The summed E-state index contributed by atoms with van der Waals surface area (Å²) in [7, 11) is -3.83. The van der Waals surface area contributed by atoms with Crippen molar-refractivity contribution in [1.82, 2.24) is 19.2 Å². The fourth-order valence-electron chi connectivity index (χ4n) is 4.90. The number of nitrogens with zero attached hydrogens (tertiary/aromatic N) is 4. The number of halogens is 3. The van der Waals surface area contributed by atoms with Crippen LogP contribution in [0.1, 0.15) is 50.2 Å². The van der Waals surface area contributed by atoms with Gasteiger partial charge in [-0.15, -0.1) is 0 Å². The smallest absolute Gasteiger partial charge is 0.350 e. The van der Waals surface area contributed by atoms with Crippen LogP contribution in [-0.4, -0.2) is 73.1 Å². The van der Waals surface area contributed by atoms with Crippen LogP contribution in [0.2, 0.25) is 0 Å². The van der Waals surface area contributed by atoms with Gasteiger partial charge in [0, 0.05) is 38.3 Å². The van der Waals surface area contributed by atoms with Crippen LogP contribution in [0.5, 0.6) is 0 Å². The van der Waals surface area contributed by atoms with Gasteiger partial charge in [0.25, 0.3) is 10.2 Å². The predicted molar refractivity (Wildman–Crippen MR) is 134 cm³/mol. The number of hydrogen-bond acceptors (Lipinski definition) is 6. The maximum Gasteiger partial charge on any atom is 0.416 e. The standard InChI is InChI=1S/C24H31F3N6O4S/c1-16-12-20(31-30-16)14-29-38(36,37)32-10-2-4-18(15-32)23(35)33-11-3-5-21(33)22(34)28-13-17-6-8-19(9-7-17)24(25,26)27/h6-9,18,21,29H,2-5,10-15H2,1H3,(H,28,34)/t18-,21+/m0/s1. The summed E-state index contributed by atoms with van der Waals surface area (Å²) in [6, 6.07) is 3.82. The molecular weight excluding hydrogens is 525 g/mol. The molecule has 2 saturated heterocycles. The molecule has 3 aliphatic rings. The van der Waals surface area contributed by atoms with Crippen molar-refractivity contribution >= 4 is 33.4 Å². The molecule has 0 saturated carbocycles. The third-order valence-electron chi connectivity index (χ3n) is 6.94. The van der Waals surface area contributed by atoms with Gasteiger partial charge in [0.05, 0.1) is 23.7 Å². The number of piperidine rings is 1. The highest BCUT2D eigenvalue weighted by Crippen LogP contribution is 2.29. The summed E-state index contributed by atoms with van der Waals surface area (Å²) in [5.74, 6) is -1.22. The van der Waals surface area contributed by atoms with Crippen LogP contribution in [0.4, 0.5) is 13.2 Å². The molecule has 208 valence electrons. The summed E-state index contributed by atoms with van der Waals surface area (Å²) < 4.78 is 67.8. The van der Waals surface area contributed by atoms with Gasteiger partial charge < -0.3 is 10.2 Å². The molecule has 2 atom stereocenters. The van der Waals surface area contributed by atoms with Crippen molar-refractivity contribution in [1.29, 1.82) is 0 Å². The highest BCUT2D eigenvalue weighted by atomic mass is 32.2. The summed E-state index contributed by atoms with van der Waals surface area (Å²) in [5.41, 5.74) is 1.17. The van der Waals surface area contributed by atoms with E-state index in [1.54, 1.807) is 0 Å². The average molecular weight is 557 g/mol. The van der Waals surface area contributed by atoms with Gasteiger partial charge in [-0.2, -0.15) is 40.8 Å². The molecule has 2 N–H and O–H groups in total. The minimum absolute atomic E-state index is 0.0204. The number of carbonyl (C=O) groups is 2. The van der Waals surface area contributed by atoms with Crippen molar-refractivity contribution < 1.29 is 31.2 Å². The lowest BCUT2D eigenvalue weighted by Crippen LogP contribution is -2.53. The van der Waals surface area contributed by atoms with Crippen LogP contribution in [0.15, 0.2) is 34.5 Å². The Bertz CT molecular complexity index is 1220. The predicted octanol–water partition coefficient (Wildman–Crippen LogP) is 2.08. The first-order chi connectivity index (χ1) is 17.9. The summed E-state index contributed by atoms with van der Waals surface area (Å²) in [6.45, 7) is 2.59. The first-order valence-electron chi connectivity index (χ1n) is 12.5. The van der Waals surface area contributed by atoms with E-state index in [1.807, 2.05) is 6.92 Å². The van der Waals surface area contributed by atoms with Crippen LogP contribution < -0.4 is 10.0 Å². The zero-order valence-corrected chi connectivity index (χ0v) is 21.8. The number of alkyl halides is 3. The molecule has 0 bridgehead atoms. The van der Waals surface area contributed by atoms with Gasteiger partial charge in [-0.05, 0) is 50.3 Å². The van der Waals surface area contributed by atoms with Crippen molar-refractivity contribution in [2.24, 2.45) is 16.1 Å². The van der Waals surface area contributed by atoms with Gasteiger partial charge in [-0.3, -0.25) is 9.59 Å². The highest BCUT2D eigenvalue weighted by molar-refractivity contribution is 7.87.